The first-order valence-electron chi connectivity index (χ1n) is 12.2. The molecule has 2 unspecified atom stereocenters. The van der Waals surface area contributed by atoms with Crippen molar-refractivity contribution in [3.8, 4) is 5.75 Å². The molecule has 5 heteroatoms. The first kappa shape index (κ1) is 26.0. The van der Waals surface area contributed by atoms with Crippen molar-refractivity contribution in [2.45, 2.75) is 59.2 Å². The van der Waals surface area contributed by atoms with E-state index in [4.69, 9.17) is 4.74 Å². The van der Waals surface area contributed by atoms with Crippen molar-refractivity contribution in [1.29, 1.82) is 0 Å². The molecule has 0 spiro atoms. The molecular weight excluding hydrogens is 436 g/mol. The molecule has 0 radical (unpaired) electrons. The predicted molar refractivity (Wildman–Crippen MR) is 140 cm³/mol. The molecule has 5 nitrogen and oxygen atoms in total. The number of carbonyl (C=O) groups is 2. The van der Waals surface area contributed by atoms with Crippen LogP contribution in [0.5, 0.6) is 5.75 Å². The molecular formula is C30H36N2O3. The Bertz CT molecular complexity index is 1100. The lowest BCUT2D eigenvalue weighted by Gasteiger charge is -2.32. The van der Waals surface area contributed by atoms with E-state index in [-0.39, 0.29) is 24.5 Å². The Balaban J connectivity index is 1.91. The summed E-state index contributed by atoms with van der Waals surface area (Å²) in [5.74, 6) is 0.248. The Morgan fingerprint density at radius 3 is 2.23 bits per heavy atom. The van der Waals surface area contributed by atoms with Gasteiger partial charge in [-0.2, -0.15) is 0 Å². The van der Waals surface area contributed by atoms with Crippen molar-refractivity contribution in [3.05, 3.63) is 101 Å². The number of rotatable bonds is 11. The highest BCUT2D eigenvalue weighted by atomic mass is 16.5. The summed E-state index contributed by atoms with van der Waals surface area (Å²) >= 11 is 0. The number of hydrogen-bond donors (Lipinski definition) is 1. The molecule has 0 aliphatic carbocycles. The van der Waals surface area contributed by atoms with E-state index in [1.165, 1.54) is 0 Å². The number of ether oxygens (including phenoxy) is 1. The fourth-order valence-electron chi connectivity index (χ4n) is 3.83. The Kier molecular flexibility index (Phi) is 9.47. The zero-order valence-corrected chi connectivity index (χ0v) is 21.2. The molecule has 3 rings (SSSR count). The van der Waals surface area contributed by atoms with Crippen LogP contribution in [0.4, 0.5) is 0 Å². The molecule has 0 bridgehead atoms. The molecule has 0 aliphatic rings. The van der Waals surface area contributed by atoms with E-state index in [9.17, 15) is 9.59 Å². The second-order valence-corrected chi connectivity index (χ2v) is 9.07. The summed E-state index contributed by atoms with van der Waals surface area (Å²) < 4.78 is 5.83. The monoisotopic (exact) mass is 472 g/mol. The zero-order valence-electron chi connectivity index (χ0n) is 21.2. The first-order chi connectivity index (χ1) is 16.9. The lowest BCUT2D eigenvalue weighted by molar-refractivity contribution is -0.143. The van der Waals surface area contributed by atoms with Gasteiger partial charge in [-0.15, -0.1) is 0 Å². The minimum atomic E-state index is -0.667. The van der Waals surface area contributed by atoms with Crippen LogP contribution in [0.25, 0.3) is 0 Å². The molecule has 2 atom stereocenters. The lowest BCUT2D eigenvalue weighted by atomic mass is 10.0. The molecule has 184 valence electrons. The van der Waals surface area contributed by atoms with Gasteiger partial charge in [-0.1, -0.05) is 79.2 Å². The third kappa shape index (κ3) is 7.71. The largest absolute Gasteiger partial charge is 0.484 e. The minimum absolute atomic E-state index is 0.0139. The average Bonchev–Trinajstić information content (AvgIpc) is 2.87. The molecule has 3 aromatic rings. The molecule has 0 saturated heterocycles. The number of amides is 2. The molecule has 0 aromatic heterocycles. The maximum Gasteiger partial charge on any atom is 0.261 e. The van der Waals surface area contributed by atoms with Crippen molar-refractivity contribution < 1.29 is 14.3 Å². The molecule has 2 amide bonds. The van der Waals surface area contributed by atoms with Crippen LogP contribution in [-0.4, -0.2) is 35.4 Å². The Morgan fingerprint density at radius 2 is 1.57 bits per heavy atom. The summed E-state index contributed by atoms with van der Waals surface area (Å²) in [6, 6.07) is 24.7. The van der Waals surface area contributed by atoms with Crippen LogP contribution in [0.2, 0.25) is 0 Å². The van der Waals surface area contributed by atoms with Gasteiger partial charge >= 0.3 is 0 Å². The van der Waals surface area contributed by atoms with Crippen LogP contribution in [0.1, 0.15) is 42.5 Å². The zero-order chi connectivity index (χ0) is 25.2. The van der Waals surface area contributed by atoms with Gasteiger partial charge in [-0.05, 0) is 56.0 Å². The van der Waals surface area contributed by atoms with E-state index >= 15 is 0 Å². The number of benzene rings is 3. The highest BCUT2D eigenvalue weighted by Crippen LogP contribution is 2.18. The minimum Gasteiger partial charge on any atom is -0.484 e. The second kappa shape index (κ2) is 12.7. The molecule has 0 heterocycles. The summed E-state index contributed by atoms with van der Waals surface area (Å²) in [4.78, 5) is 28.8. The second-order valence-electron chi connectivity index (χ2n) is 9.07. The van der Waals surface area contributed by atoms with Gasteiger partial charge in [0.1, 0.15) is 11.8 Å². The van der Waals surface area contributed by atoms with Gasteiger partial charge in [0, 0.05) is 19.0 Å². The van der Waals surface area contributed by atoms with Gasteiger partial charge in [-0.3, -0.25) is 9.59 Å². The maximum atomic E-state index is 13.6. The molecule has 35 heavy (non-hydrogen) atoms. The van der Waals surface area contributed by atoms with Gasteiger partial charge in [0.2, 0.25) is 5.91 Å². The van der Waals surface area contributed by atoms with Crippen molar-refractivity contribution >= 4 is 11.8 Å². The third-order valence-corrected chi connectivity index (χ3v) is 6.26. The smallest absolute Gasteiger partial charge is 0.261 e. The van der Waals surface area contributed by atoms with Crippen molar-refractivity contribution in [1.82, 2.24) is 10.2 Å². The fourth-order valence-corrected chi connectivity index (χ4v) is 3.83. The molecule has 0 saturated carbocycles. The van der Waals surface area contributed by atoms with Gasteiger partial charge in [-0.25, -0.2) is 0 Å². The highest BCUT2D eigenvalue weighted by molar-refractivity contribution is 5.88. The summed E-state index contributed by atoms with van der Waals surface area (Å²) in [5, 5.41) is 3.09. The number of carbonyl (C=O) groups excluding carboxylic acids is 2. The summed E-state index contributed by atoms with van der Waals surface area (Å²) in [7, 11) is 0. The van der Waals surface area contributed by atoms with E-state index in [0.29, 0.717) is 18.7 Å². The number of hydrogen-bond acceptors (Lipinski definition) is 3. The van der Waals surface area contributed by atoms with E-state index in [1.54, 1.807) is 4.90 Å². The third-order valence-electron chi connectivity index (χ3n) is 6.26. The Hall–Kier alpha value is -3.60. The Morgan fingerprint density at radius 1 is 0.914 bits per heavy atom. The average molecular weight is 473 g/mol. The Labute approximate surface area is 209 Å². The van der Waals surface area contributed by atoms with E-state index in [0.717, 1.165) is 28.7 Å². The van der Waals surface area contributed by atoms with Crippen LogP contribution in [0.3, 0.4) is 0 Å². The summed E-state index contributed by atoms with van der Waals surface area (Å²) in [6.45, 7) is 8.22. The SMILES string of the molecule is CCC(C)NC(=O)C(Cc1ccccc1)N(Cc1ccccc1C)C(=O)COc1ccc(C)cc1. The fraction of sp³-hybridized carbons (Fsp3) is 0.333. The van der Waals surface area contributed by atoms with E-state index in [1.807, 2.05) is 107 Å². The van der Waals surface area contributed by atoms with Crippen LogP contribution in [0.15, 0.2) is 78.9 Å². The normalized spacial score (nSPS) is 12.5. The number of aryl methyl sites for hydroxylation is 2. The number of nitrogens with one attached hydrogen (secondary N) is 1. The molecule has 0 aliphatic heterocycles. The summed E-state index contributed by atoms with van der Waals surface area (Å²) in [6.07, 6.45) is 1.23. The first-order valence-corrected chi connectivity index (χ1v) is 12.2. The van der Waals surface area contributed by atoms with Gasteiger partial charge in [0.05, 0.1) is 0 Å². The van der Waals surface area contributed by atoms with Gasteiger partial charge in [0.25, 0.3) is 5.91 Å². The predicted octanol–water partition coefficient (Wildman–Crippen LogP) is 5.24. The lowest BCUT2D eigenvalue weighted by Crippen LogP contribution is -2.53. The molecule has 3 aromatic carbocycles. The quantitative estimate of drug-likeness (QED) is 0.415. The molecule has 1 N–H and O–H groups in total. The maximum absolute atomic E-state index is 13.6. The molecule has 0 fully saturated rings. The van der Waals surface area contributed by atoms with Crippen molar-refractivity contribution in [3.63, 3.8) is 0 Å². The van der Waals surface area contributed by atoms with Crippen molar-refractivity contribution in [2.24, 2.45) is 0 Å². The summed E-state index contributed by atoms with van der Waals surface area (Å²) in [5.41, 5.74) is 4.20. The van der Waals surface area contributed by atoms with E-state index in [2.05, 4.69) is 5.32 Å². The van der Waals surface area contributed by atoms with Crippen LogP contribution in [0, 0.1) is 13.8 Å². The highest BCUT2D eigenvalue weighted by Gasteiger charge is 2.31. The topological polar surface area (TPSA) is 58.6 Å². The standard InChI is InChI=1S/C30H36N2O3/c1-5-24(4)31-30(34)28(19-25-12-7-6-8-13-25)32(20-26-14-10-9-11-23(26)3)29(33)21-35-27-17-15-22(2)16-18-27/h6-18,24,28H,5,19-21H2,1-4H3,(H,31,34). The van der Waals surface area contributed by atoms with Crippen LogP contribution in [-0.2, 0) is 22.6 Å². The van der Waals surface area contributed by atoms with Crippen LogP contribution >= 0.6 is 0 Å². The van der Waals surface area contributed by atoms with Crippen LogP contribution < -0.4 is 10.1 Å². The van der Waals surface area contributed by atoms with Gasteiger partial charge < -0.3 is 15.0 Å². The number of nitrogens with zero attached hydrogens (tertiary/aromatic N) is 1. The van der Waals surface area contributed by atoms with E-state index < -0.39 is 6.04 Å². The van der Waals surface area contributed by atoms with Gasteiger partial charge in [0.15, 0.2) is 6.61 Å². The van der Waals surface area contributed by atoms with Crippen molar-refractivity contribution in [2.75, 3.05) is 6.61 Å².